The van der Waals surface area contributed by atoms with Gasteiger partial charge in [0.15, 0.2) is 5.82 Å². The number of carbonyl (C=O) groups excluding carboxylic acids is 1. The maximum absolute atomic E-state index is 11.8. The van der Waals surface area contributed by atoms with E-state index < -0.39 is 0 Å². The molecule has 0 fully saturated rings. The zero-order valence-electron chi connectivity index (χ0n) is 10.3. The fraction of sp³-hybridized carbons (Fsp3) is 0.154. The monoisotopic (exact) mass is 256 g/mol. The molecule has 0 aliphatic rings. The molecule has 1 amide bonds. The second kappa shape index (κ2) is 5.80. The number of aliphatic hydroxyl groups is 1. The molecule has 96 valence electrons. The van der Waals surface area contributed by atoms with Gasteiger partial charge in [0.25, 0.3) is 5.91 Å². The second-order valence-electron chi connectivity index (χ2n) is 3.72. The van der Waals surface area contributed by atoms with Crippen molar-refractivity contribution in [2.24, 2.45) is 7.05 Å². The number of aromatic nitrogens is 3. The molecule has 0 atom stereocenters. The highest BCUT2D eigenvalue weighted by Crippen LogP contribution is 2.05. The molecule has 0 saturated carbocycles. The lowest BCUT2D eigenvalue weighted by molar-refractivity contribution is 0.102. The number of hydrogen-bond donors (Lipinski definition) is 2. The lowest BCUT2D eigenvalue weighted by Crippen LogP contribution is -2.14. The van der Waals surface area contributed by atoms with E-state index in [0.29, 0.717) is 11.4 Å². The van der Waals surface area contributed by atoms with E-state index in [2.05, 4.69) is 27.2 Å². The maximum Gasteiger partial charge on any atom is 0.275 e. The lowest BCUT2D eigenvalue weighted by atomic mass is 10.2. The van der Waals surface area contributed by atoms with Gasteiger partial charge in [-0.05, 0) is 12.1 Å². The Morgan fingerprint density at radius 1 is 1.47 bits per heavy atom. The van der Waals surface area contributed by atoms with Crippen LogP contribution in [0.2, 0.25) is 0 Å². The van der Waals surface area contributed by atoms with Gasteiger partial charge in [-0.15, -0.1) is 0 Å². The molecule has 0 bridgehead atoms. The average Bonchev–Trinajstić information content (AvgIpc) is 2.82. The average molecular weight is 256 g/mol. The number of aliphatic hydroxyl groups excluding tert-OH is 1. The smallest absolute Gasteiger partial charge is 0.275 e. The highest BCUT2D eigenvalue weighted by Gasteiger charge is 2.08. The summed E-state index contributed by atoms with van der Waals surface area (Å²) in [5, 5.41) is 15.2. The molecular weight excluding hydrogens is 244 g/mol. The number of amides is 1. The normalized spacial score (nSPS) is 9.58. The molecule has 0 spiro atoms. The number of rotatable bonds is 2. The summed E-state index contributed by atoms with van der Waals surface area (Å²) in [6.07, 6.45) is 3.21. The molecule has 6 heteroatoms. The Kier molecular flexibility index (Phi) is 3.90. The molecule has 6 nitrogen and oxygen atoms in total. The van der Waals surface area contributed by atoms with E-state index in [1.807, 2.05) is 0 Å². The third-order valence-electron chi connectivity index (χ3n) is 2.26. The van der Waals surface area contributed by atoms with Crippen molar-refractivity contribution >= 4 is 11.7 Å². The van der Waals surface area contributed by atoms with Gasteiger partial charge in [0.2, 0.25) is 0 Å². The van der Waals surface area contributed by atoms with Crippen molar-refractivity contribution in [2.75, 3.05) is 11.9 Å². The Bertz CT molecular complexity index is 635. The Morgan fingerprint density at radius 2 is 2.32 bits per heavy atom. The first-order chi connectivity index (χ1) is 9.19. The quantitative estimate of drug-likeness (QED) is 0.763. The summed E-state index contributed by atoms with van der Waals surface area (Å²) in [6, 6.07) is 4.93. The summed E-state index contributed by atoms with van der Waals surface area (Å²) in [5.41, 5.74) is 0.920. The molecule has 19 heavy (non-hydrogen) atoms. The zero-order chi connectivity index (χ0) is 13.7. The molecule has 0 aromatic carbocycles. The van der Waals surface area contributed by atoms with Crippen LogP contribution >= 0.6 is 0 Å². The summed E-state index contributed by atoms with van der Waals surface area (Å²) < 4.78 is 1.59. The van der Waals surface area contributed by atoms with Crippen molar-refractivity contribution in [1.82, 2.24) is 14.8 Å². The fourth-order valence-electron chi connectivity index (χ4n) is 1.41. The first-order valence-electron chi connectivity index (χ1n) is 5.56. The van der Waals surface area contributed by atoms with Crippen LogP contribution in [-0.4, -0.2) is 32.4 Å². The van der Waals surface area contributed by atoms with Crippen molar-refractivity contribution in [3.63, 3.8) is 0 Å². The van der Waals surface area contributed by atoms with Crippen LogP contribution < -0.4 is 5.32 Å². The number of pyridine rings is 1. The molecule has 0 saturated heterocycles. The van der Waals surface area contributed by atoms with E-state index in [4.69, 9.17) is 5.11 Å². The Balaban J connectivity index is 2.07. The minimum absolute atomic E-state index is 0.206. The standard InChI is InChI=1S/C13H12N4O2/c1-17-7-6-12(16-17)15-13(19)11-5-4-10(9-14-11)3-2-8-18/h4-7,9,18H,8H2,1H3,(H,15,16,19). The third kappa shape index (κ3) is 3.40. The number of nitrogens with zero attached hydrogens (tertiary/aromatic N) is 3. The van der Waals surface area contributed by atoms with Gasteiger partial charge >= 0.3 is 0 Å². The van der Waals surface area contributed by atoms with E-state index in [-0.39, 0.29) is 18.2 Å². The van der Waals surface area contributed by atoms with Gasteiger partial charge in [0.05, 0.1) is 0 Å². The van der Waals surface area contributed by atoms with Gasteiger partial charge in [0.1, 0.15) is 12.3 Å². The summed E-state index contributed by atoms with van der Waals surface area (Å²) in [7, 11) is 1.77. The van der Waals surface area contributed by atoms with E-state index >= 15 is 0 Å². The predicted octanol–water partition coefficient (Wildman–Crippen LogP) is 0.411. The number of carbonyl (C=O) groups is 1. The molecule has 2 rings (SSSR count). The molecule has 2 N–H and O–H groups in total. The SMILES string of the molecule is Cn1ccc(NC(=O)c2ccc(C#CCO)cn2)n1. The van der Waals surface area contributed by atoms with Crippen LogP contribution in [-0.2, 0) is 7.05 Å². The Morgan fingerprint density at radius 3 is 2.89 bits per heavy atom. The molecule has 0 unspecified atom stereocenters. The van der Waals surface area contributed by atoms with Crippen LogP contribution in [0, 0.1) is 11.8 Å². The summed E-state index contributed by atoms with van der Waals surface area (Å²) in [5.74, 6) is 5.35. The fourth-order valence-corrected chi connectivity index (χ4v) is 1.41. The van der Waals surface area contributed by atoms with Crippen molar-refractivity contribution in [2.45, 2.75) is 0 Å². The van der Waals surface area contributed by atoms with Crippen LogP contribution in [0.25, 0.3) is 0 Å². The largest absolute Gasteiger partial charge is 0.384 e. The van der Waals surface area contributed by atoms with Crippen molar-refractivity contribution in [3.05, 3.63) is 41.9 Å². The third-order valence-corrected chi connectivity index (χ3v) is 2.26. The van der Waals surface area contributed by atoms with Crippen LogP contribution in [0.1, 0.15) is 16.1 Å². The lowest BCUT2D eigenvalue weighted by Gasteiger charge is -2.01. The molecule has 0 aliphatic carbocycles. The van der Waals surface area contributed by atoms with E-state index in [1.54, 1.807) is 36.1 Å². The number of anilines is 1. The number of hydrogen-bond acceptors (Lipinski definition) is 4. The van der Waals surface area contributed by atoms with Gasteiger partial charge in [-0.2, -0.15) is 5.10 Å². The molecule has 0 aliphatic heterocycles. The van der Waals surface area contributed by atoms with Crippen molar-refractivity contribution < 1.29 is 9.90 Å². The Hall–Kier alpha value is -2.65. The van der Waals surface area contributed by atoms with Gasteiger partial charge in [0, 0.05) is 31.1 Å². The van der Waals surface area contributed by atoms with Gasteiger partial charge in [-0.25, -0.2) is 4.98 Å². The summed E-state index contributed by atoms with van der Waals surface area (Å²) >= 11 is 0. The first-order valence-corrected chi connectivity index (χ1v) is 5.56. The zero-order valence-corrected chi connectivity index (χ0v) is 10.3. The second-order valence-corrected chi connectivity index (χ2v) is 3.72. The van der Waals surface area contributed by atoms with E-state index in [0.717, 1.165) is 0 Å². The molecule has 0 radical (unpaired) electrons. The van der Waals surface area contributed by atoms with Crippen molar-refractivity contribution in [3.8, 4) is 11.8 Å². The van der Waals surface area contributed by atoms with Gasteiger partial charge < -0.3 is 10.4 Å². The minimum Gasteiger partial charge on any atom is -0.384 e. The van der Waals surface area contributed by atoms with Gasteiger partial charge in [-0.3, -0.25) is 9.48 Å². The number of aryl methyl sites for hydroxylation is 1. The minimum atomic E-state index is -0.333. The highest BCUT2D eigenvalue weighted by atomic mass is 16.2. The maximum atomic E-state index is 11.8. The number of nitrogens with one attached hydrogen (secondary N) is 1. The van der Waals surface area contributed by atoms with Crippen LogP contribution in [0.4, 0.5) is 5.82 Å². The molecule has 2 aromatic heterocycles. The van der Waals surface area contributed by atoms with Crippen LogP contribution in [0.5, 0.6) is 0 Å². The summed E-state index contributed by atoms with van der Waals surface area (Å²) in [4.78, 5) is 15.9. The molecular formula is C13H12N4O2. The van der Waals surface area contributed by atoms with E-state index in [1.165, 1.54) is 6.20 Å². The highest BCUT2D eigenvalue weighted by molar-refractivity contribution is 6.02. The van der Waals surface area contributed by atoms with Crippen molar-refractivity contribution in [1.29, 1.82) is 0 Å². The molecule has 2 heterocycles. The topological polar surface area (TPSA) is 80.0 Å². The van der Waals surface area contributed by atoms with Crippen LogP contribution in [0.3, 0.4) is 0 Å². The Labute approximate surface area is 110 Å². The van der Waals surface area contributed by atoms with E-state index in [9.17, 15) is 4.79 Å². The first kappa shape index (κ1) is 12.8. The summed E-state index contributed by atoms with van der Waals surface area (Å²) in [6.45, 7) is -0.206. The van der Waals surface area contributed by atoms with Gasteiger partial charge in [-0.1, -0.05) is 11.8 Å². The molecule has 2 aromatic rings. The predicted molar refractivity (Wildman–Crippen MR) is 69.4 cm³/mol. The van der Waals surface area contributed by atoms with Crippen LogP contribution in [0.15, 0.2) is 30.6 Å².